The standard InChI is InChI=1S/C15H15BrClN3O3/c1-3-23-13-5-9(4-11(17)14(13)22-2)7-19-20-15(21)12-6-10(16)8-18-12/h4-8,18H,3H2,1-2H3,(H,20,21)/b19-7-. The molecule has 2 rings (SSSR count). The molecule has 1 amide bonds. The van der Waals surface area contributed by atoms with Crippen LogP contribution in [-0.2, 0) is 0 Å². The third-order valence-electron chi connectivity index (χ3n) is 2.81. The number of amides is 1. The van der Waals surface area contributed by atoms with Crippen LogP contribution >= 0.6 is 27.5 Å². The number of benzene rings is 1. The Kier molecular flexibility index (Phi) is 6.06. The normalized spacial score (nSPS) is 10.8. The summed E-state index contributed by atoms with van der Waals surface area (Å²) in [6, 6.07) is 5.06. The summed E-state index contributed by atoms with van der Waals surface area (Å²) in [7, 11) is 1.52. The number of aromatic nitrogens is 1. The van der Waals surface area contributed by atoms with Crippen LogP contribution in [0.3, 0.4) is 0 Å². The molecular weight excluding hydrogens is 386 g/mol. The van der Waals surface area contributed by atoms with Crippen LogP contribution in [0.15, 0.2) is 34.0 Å². The minimum absolute atomic E-state index is 0.350. The van der Waals surface area contributed by atoms with E-state index >= 15 is 0 Å². The van der Waals surface area contributed by atoms with Crippen LogP contribution in [0.2, 0.25) is 5.02 Å². The monoisotopic (exact) mass is 399 g/mol. The smallest absolute Gasteiger partial charge is 0.287 e. The number of hydrogen-bond acceptors (Lipinski definition) is 4. The Morgan fingerprint density at radius 3 is 2.87 bits per heavy atom. The number of nitrogens with one attached hydrogen (secondary N) is 2. The van der Waals surface area contributed by atoms with Gasteiger partial charge in [0.15, 0.2) is 11.5 Å². The lowest BCUT2D eigenvalue weighted by Gasteiger charge is -2.11. The summed E-state index contributed by atoms with van der Waals surface area (Å²) in [5, 5.41) is 4.31. The van der Waals surface area contributed by atoms with E-state index in [9.17, 15) is 4.79 Å². The lowest BCUT2D eigenvalue weighted by Crippen LogP contribution is -2.17. The minimum Gasteiger partial charge on any atom is -0.491 e. The van der Waals surface area contributed by atoms with E-state index in [-0.39, 0.29) is 5.91 Å². The maximum Gasteiger partial charge on any atom is 0.287 e. The van der Waals surface area contributed by atoms with Crippen molar-refractivity contribution in [1.29, 1.82) is 0 Å². The number of hydrogen-bond donors (Lipinski definition) is 2. The Morgan fingerprint density at radius 2 is 2.26 bits per heavy atom. The van der Waals surface area contributed by atoms with Gasteiger partial charge in [0, 0.05) is 10.7 Å². The van der Waals surface area contributed by atoms with Gasteiger partial charge in [-0.2, -0.15) is 5.10 Å². The number of aromatic amines is 1. The summed E-state index contributed by atoms with van der Waals surface area (Å²) in [6.45, 7) is 2.34. The lowest BCUT2D eigenvalue weighted by molar-refractivity contribution is 0.0951. The van der Waals surface area contributed by atoms with Crippen LogP contribution in [-0.4, -0.2) is 30.8 Å². The second-order valence-corrected chi connectivity index (χ2v) is 5.72. The predicted molar refractivity (Wildman–Crippen MR) is 92.7 cm³/mol. The third kappa shape index (κ3) is 4.49. The van der Waals surface area contributed by atoms with Gasteiger partial charge in [0.25, 0.3) is 5.91 Å². The van der Waals surface area contributed by atoms with Crippen molar-refractivity contribution in [3.8, 4) is 11.5 Å². The Balaban J connectivity index is 2.11. The molecule has 0 bridgehead atoms. The molecule has 122 valence electrons. The number of hydrazone groups is 1. The second-order valence-electron chi connectivity index (χ2n) is 4.40. The Morgan fingerprint density at radius 1 is 1.48 bits per heavy atom. The van der Waals surface area contributed by atoms with Crippen molar-refractivity contribution in [2.75, 3.05) is 13.7 Å². The van der Waals surface area contributed by atoms with Crippen molar-refractivity contribution in [3.63, 3.8) is 0 Å². The van der Waals surface area contributed by atoms with Crippen LogP contribution in [0.4, 0.5) is 0 Å². The molecule has 0 aliphatic heterocycles. The molecular formula is C15H15BrClN3O3. The maximum absolute atomic E-state index is 11.8. The molecule has 8 heteroatoms. The van der Waals surface area contributed by atoms with Crippen molar-refractivity contribution in [3.05, 3.63) is 45.1 Å². The molecule has 0 spiro atoms. The van der Waals surface area contributed by atoms with Gasteiger partial charge in [-0.25, -0.2) is 5.43 Å². The van der Waals surface area contributed by atoms with E-state index < -0.39 is 0 Å². The number of nitrogens with zero attached hydrogens (tertiary/aromatic N) is 1. The molecule has 1 aromatic carbocycles. The van der Waals surface area contributed by atoms with Gasteiger partial charge >= 0.3 is 0 Å². The van der Waals surface area contributed by atoms with E-state index in [1.165, 1.54) is 13.3 Å². The van der Waals surface area contributed by atoms with E-state index in [1.807, 2.05) is 6.92 Å². The first-order valence-electron chi connectivity index (χ1n) is 6.72. The molecule has 0 saturated carbocycles. The molecule has 6 nitrogen and oxygen atoms in total. The fourth-order valence-corrected chi connectivity index (χ4v) is 2.49. The van der Waals surface area contributed by atoms with Gasteiger partial charge in [-0.1, -0.05) is 11.6 Å². The number of methoxy groups -OCH3 is 1. The second kappa shape index (κ2) is 8.03. The number of H-pyrrole nitrogens is 1. The molecule has 0 radical (unpaired) electrons. The molecule has 0 atom stereocenters. The number of carbonyl (C=O) groups is 1. The lowest BCUT2D eigenvalue weighted by atomic mass is 10.2. The van der Waals surface area contributed by atoms with Gasteiger partial charge in [-0.3, -0.25) is 4.79 Å². The average Bonchev–Trinajstić information content (AvgIpc) is 2.94. The summed E-state index contributed by atoms with van der Waals surface area (Å²) in [6.07, 6.45) is 3.14. The van der Waals surface area contributed by atoms with E-state index in [1.54, 1.807) is 24.4 Å². The Hall–Kier alpha value is -1.99. The van der Waals surface area contributed by atoms with Gasteiger partial charge in [0.2, 0.25) is 0 Å². The van der Waals surface area contributed by atoms with Gasteiger partial charge in [0.1, 0.15) is 5.69 Å². The molecule has 0 saturated heterocycles. The first-order valence-corrected chi connectivity index (χ1v) is 7.90. The largest absolute Gasteiger partial charge is 0.491 e. The van der Waals surface area contributed by atoms with Crippen molar-refractivity contribution >= 4 is 39.7 Å². The van der Waals surface area contributed by atoms with E-state index in [0.717, 1.165) is 4.47 Å². The number of halogens is 2. The quantitative estimate of drug-likeness (QED) is 0.574. The molecule has 0 unspecified atom stereocenters. The summed E-state index contributed by atoms with van der Waals surface area (Å²) >= 11 is 9.41. The molecule has 2 N–H and O–H groups in total. The summed E-state index contributed by atoms with van der Waals surface area (Å²) in [5.41, 5.74) is 3.50. The van der Waals surface area contributed by atoms with Crippen LogP contribution in [0, 0.1) is 0 Å². The Labute approximate surface area is 146 Å². The highest BCUT2D eigenvalue weighted by Gasteiger charge is 2.11. The topological polar surface area (TPSA) is 75.7 Å². The van der Waals surface area contributed by atoms with Crippen LogP contribution in [0.5, 0.6) is 11.5 Å². The highest BCUT2D eigenvalue weighted by molar-refractivity contribution is 9.10. The zero-order chi connectivity index (χ0) is 16.8. The van der Waals surface area contributed by atoms with Gasteiger partial charge in [-0.05, 0) is 46.6 Å². The zero-order valence-electron chi connectivity index (χ0n) is 12.5. The molecule has 1 aromatic heterocycles. The molecule has 0 fully saturated rings. The van der Waals surface area contributed by atoms with Crippen LogP contribution in [0.25, 0.3) is 0 Å². The fraction of sp³-hybridized carbons (Fsp3) is 0.200. The predicted octanol–water partition coefficient (Wildman–Crippen LogP) is 3.60. The summed E-state index contributed by atoms with van der Waals surface area (Å²) in [4.78, 5) is 14.7. The van der Waals surface area contributed by atoms with E-state index in [0.29, 0.717) is 34.4 Å². The third-order valence-corrected chi connectivity index (χ3v) is 3.55. The highest BCUT2D eigenvalue weighted by atomic mass is 79.9. The SMILES string of the molecule is CCOc1cc(/C=N\NC(=O)c2cc(Br)c[nH]2)cc(Cl)c1OC. The van der Waals surface area contributed by atoms with Crippen molar-refractivity contribution < 1.29 is 14.3 Å². The van der Waals surface area contributed by atoms with Crippen molar-refractivity contribution in [1.82, 2.24) is 10.4 Å². The van der Waals surface area contributed by atoms with Gasteiger partial charge in [0.05, 0.1) is 25.0 Å². The molecule has 0 aliphatic rings. The molecule has 23 heavy (non-hydrogen) atoms. The average molecular weight is 401 g/mol. The van der Waals surface area contributed by atoms with Crippen molar-refractivity contribution in [2.45, 2.75) is 6.92 Å². The van der Waals surface area contributed by atoms with Crippen LogP contribution < -0.4 is 14.9 Å². The number of ether oxygens (including phenoxy) is 2. The van der Waals surface area contributed by atoms with E-state index in [4.69, 9.17) is 21.1 Å². The minimum atomic E-state index is -0.350. The Bertz CT molecular complexity index is 731. The maximum atomic E-state index is 11.8. The summed E-state index contributed by atoms with van der Waals surface area (Å²) < 4.78 is 11.5. The summed E-state index contributed by atoms with van der Waals surface area (Å²) in [5.74, 6) is 0.631. The van der Waals surface area contributed by atoms with Gasteiger partial charge in [-0.15, -0.1) is 0 Å². The number of carbonyl (C=O) groups excluding carboxylic acids is 1. The van der Waals surface area contributed by atoms with Crippen LogP contribution in [0.1, 0.15) is 23.0 Å². The van der Waals surface area contributed by atoms with E-state index in [2.05, 4.69) is 31.4 Å². The molecule has 2 aromatic rings. The van der Waals surface area contributed by atoms with Crippen molar-refractivity contribution in [2.24, 2.45) is 5.10 Å². The first kappa shape index (κ1) is 17.4. The molecule has 0 aliphatic carbocycles. The number of rotatable bonds is 6. The zero-order valence-corrected chi connectivity index (χ0v) is 14.9. The van der Waals surface area contributed by atoms with Gasteiger partial charge < -0.3 is 14.5 Å². The fourth-order valence-electron chi connectivity index (χ4n) is 1.85. The molecule has 1 heterocycles. The first-order chi connectivity index (χ1) is 11.0. The highest BCUT2D eigenvalue weighted by Crippen LogP contribution is 2.35.